The van der Waals surface area contributed by atoms with Crippen LogP contribution < -0.4 is 4.90 Å². The summed E-state index contributed by atoms with van der Waals surface area (Å²) in [7, 11) is 0. The van der Waals surface area contributed by atoms with Gasteiger partial charge in [0.05, 0.1) is 11.0 Å². The maximum Gasteiger partial charge on any atom is 0.0541 e. The molecule has 0 unspecified atom stereocenters. The van der Waals surface area contributed by atoms with E-state index in [-0.39, 0.29) is 5.41 Å². The van der Waals surface area contributed by atoms with Gasteiger partial charge in [-0.25, -0.2) is 0 Å². The number of fused-ring (bicyclic) bond motifs is 7. The third-order valence-electron chi connectivity index (χ3n) is 14.6. The Hall–Kier alpha value is -8.72. The molecule has 0 saturated carbocycles. The second-order valence-electron chi connectivity index (χ2n) is 18.9. The van der Waals surface area contributed by atoms with Gasteiger partial charge >= 0.3 is 0 Å². The van der Waals surface area contributed by atoms with Crippen LogP contribution in [0, 0.1) is 0 Å². The average Bonchev–Trinajstić information content (AvgIpc) is 3.87. The molecule has 0 fully saturated rings. The van der Waals surface area contributed by atoms with Gasteiger partial charge in [-0.05, 0) is 138 Å². The van der Waals surface area contributed by atoms with E-state index in [9.17, 15) is 0 Å². The Morgan fingerprint density at radius 1 is 0.319 bits per heavy atom. The van der Waals surface area contributed by atoms with E-state index in [0.717, 1.165) is 22.7 Å². The molecule has 12 aromatic rings. The van der Waals surface area contributed by atoms with E-state index in [1.54, 1.807) is 0 Å². The fourth-order valence-electron chi connectivity index (χ4n) is 11.3. The molecule has 0 atom stereocenters. The summed E-state index contributed by atoms with van der Waals surface area (Å²) in [6, 6.07) is 93.5. The minimum Gasteiger partial charge on any atom is -0.311 e. The van der Waals surface area contributed by atoms with Gasteiger partial charge in [0, 0.05) is 38.9 Å². The lowest BCUT2D eigenvalue weighted by Crippen LogP contribution is -2.16. The summed E-state index contributed by atoms with van der Waals surface area (Å²) in [4.78, 5) is 2.38. The van der Waals surface area contributed by atoms with Crippen LogP contribution in [0.4, 0.5) is 17.1 Å². The predicted molar refractivity (Wildman–Crippen MR) is 292 cm³/mol. The van der Waals surface area contributed by atoms with Gasteiger partial charge in [0.1, 0.15) is 0 Å². The van der Waals surface area contributed by atoms with E-state index in [2.05, 4.69) is 278 Å². The van der Waals surface area contributed by atoms with Gasteiger partial charge in [-0.3, -0.25) is 0 Å². The van der Waals surface area contributed by atoms with E-state index in [0.29, 0.717) is 0 Å². The lowest BCUT2D eigenvalue weighted by atomic mass is 9.76. The van der Waals surface area contributed by atoms with Crippen LogP contribution in [0.1, 0.15) is 25.0 Å². The average molecular weight is 881 g/mol. The first-order valence-electron chi connectivity index (χ1n) is 24.0. The quantitative estimate of drug-likeness (QED) is 0.148. The van der Waals surface area contributed by atoms with Crippen LogP contribution in [-0.2, 0) is 5.41 Å². The minimum atomic E-state index is -0.205. The lowest BCUT2D eigenvalue weighted by molar-refractivity contribution is 0.662. The van der Waals surface area contributed by atoms with Crippen LogP contribution in [-0.4, -0.2) is 4.57 Å². The van der Waals surface area contributed by atoms with Crippen molar-refractivity contribution in [3.8, 4) is 61.3 Å². The van der Waals surface area contributed by atoms with Crippen LogP contribution in [0.2, 0.25) is 0 Å². The normalized spacial score (nSPS) is 12.6. The van der Waals surface area contributed by atoms with Gasteiger partial charge in [-0.2, -0.15) is 0 Å². The van der Waals surface area contributed by atoms with Gasteiger partial charge in [-0.15, -0.1) is 0 Å². The number of benzene rings is 11. The molecule has 0 aliphatic heterocycles. The van der Waals surface area contributed by atoms with Gasteiger partial charge in [-0.1, -0.05) is 208 Å². The molecule has 0 spiro atoms. The molecule has 0 amide bonds. The van der Waals surface area contributed by atoms with Crippen LogP contribution in [0.3, 0.4) is 0 Å². The highest BCUT2D eigenvalue weighted by molar-refractivity contribution is 6.09. The summed E-state index contributed by atoms with van der Waals surface area (Å²) in [5.74, 6) is 0. The molecule has 0 saturated heterocycles. The highest BCUT2D eigenvalue weighted by Gasteiger charge is 2.38. The SMILES string of the molecule is CC1(C)c2ccccc2-c2ccc(-c3ccc(N(c4ccc(-c5ccccc5)cc4)c4ccc(-c5cccc6ccccc56)cc4)cc3)c(-c3ccc(-n4c5ccccc5c5ccccc54)cc3)c21. The van der Waals surface area contributed by atoms with Crippen LogP contribution >= 0.6 is 0 Å². The van der Waals surface area contributed by atoms with Crippen LogP contribution in [0.5, 0.6) is 0 Å². The first-order valence-corrected chi connectivity index (χ1v) is 24.0. The molecule has 2 heteroatoms. The van der Waals surface area contributed by atoms with Crippen molar-refractivity contribution in [1.82, 2.24) is 4.57 Å². The number of hydrogen-bond donors (Lipinski definition) is 0. The second kappa shape index (κ2) is 16.3. The fourth-order valence-corrected chi connectivity index (χ4v) is 11.3. The summed E-state index contributed by atoms with van der Waals surface area (Å²) in [5, 5.41) is 5.04. The van der Waals surface area contributed by atoms with Crippen molar-refractivity contribution in [1.29, 1.82) is 0 Å². The molecular formula is C67H48N2. The predicted octanol–water partition coefficient (Wildman–Crippen LogP) is 18.4. The number of rotatable bonds is 8. The number of aromatic nitrogens is 1. The number of hydrogen-bond acceptors (Lipinski definition) is 1. The van der Waals surface area contributed by atoms with Gasteiger partial charge in [0.15, 0.2) is 0 Å². The molecule has 1 aliphatic carbocycles. The summed E-state index contributed by atoms with van der Waals surface area (Å²) in [5.41, 5.74) is 21.8. The van der Waals surface area contributed by atoms with Crippen molar-refractivity contribution in [3.63, 3.8) is 0 Å². The standard InChI is InChI=1S/C67H48N2/c1-67(2)62-24-11-8-20-58(62)61-44-43-57(65(66(61)67)50-33-41-54(42-34-50)69-63-25-12-9-21-59(63)60-22-10-13-26-64(60)69)49-31-39-53(40-32-49)68(51-35-27-46(28-36-51)45-15-4-3-5-16-45)52-37-29-48(30-38-52)56-23-14-18-47-17-6-7-19-55(47)56/h3-44H,1-2H3. The second-order valence-corrected chi connectivity index (χ2v) is 18.9. The molecule has 11 aromatic carbocycles. The molecule has 1 aliphatic rings. The van der Waals surface area contributed by atoms with E-state index in [4.69, 9.17) is 0 Å². The lowest BCUT2D eigenvalue weighted by Gasteiger charge is -2.28. The molecule has 69 heavy (non-hydrogen) atoms. The number of para-hydroxylation sites is 2. The van der Waals surface area contributed by atoms with Gasteiger partial charge in [0.2, 0.25) is 0 Å². The molecule has 1 aromatic heterocycles. The number of nitrogens with zero attached hydrogens (tertiary/aromatic N) is 2. The van der Waals surface area contributed by atoms with E-state index < -0.39 is 0 Å². The maximum atomic E-state index is 2.40. The van der Waals surface area contributed by atoms with E-state index in [1.807, 2.05) is 0 Å². The zero-order valence-electron chi connectivity index (χ0n) is 38.6. The Morgan fingerprint density at radius 3 is 1.43 bits per heavy atom. The molecular weight excluding hydrogens is 833 g/mol. The highest BCUT2D eigenvalue weighted by atomic mass is 15.1. The summed E-state index contributed by atoms with van der Waals surface area (Å²) < 4.78 is 2.40. The third-order valence-corrected chi connectivity index (χ3v) is 14.6. The van der Waals surface area contributed by atoms with E-state index in [1.165, 1.54) is 99.3 Å². The molecule has 0 radical (unpaired) electrons. The molecule has 326 valence electrons. The zero-order chi connectivity index (χ0) is 46.1. The van der Waals surface area contributed by atoms with Crippen LogP contribution in [0.15, 0.2) is 255 Å². The Bertz CT molecular complexity index is 3820. The van der Waals surface area contributed by atoms with Crippen molar-refractivity contribution in [2.75, 3.05) is 4.90 Å². The first-order chi connectivity index (χ1) is 34.0. The summed E-state index contributed by atoms with van der Waals surface area (Å²) in [6.07, 6.45) is 0. The Morgan fingerprint density at radius 2 is 0.783 bits per heavy atom. The first kappa shape index (κ1) is 40.5. The molecule has 2 nitrogen and oxygen atoms in total. The third kappa shape index (κ3) is 6.71. The zero-order valence-corrected chi connectivity index (χ0v) is 38.6. The minimum absolute atomic E-state index is 0.205. The summed E-state index contributed by atoms with van der Waals surface area (Å²) in [6.45, 7) is 4.79. The van der Waals surface area contributed by atoms with Crippen LogP contribution in [0.25, 0.3) is 93.9 Å². The Balaban J connectivity index is 0.930. The van der Waals surface area contributed by atoms with Crippen molar-refractivity contribution < 1.29 is 0 Å². The summed E-state index contributed by atoms with van der Waals surface area (Å²) >= 11 is 0. The fraction of sp³-hybridized carbons (Fsp3) is 0.0448. The Labute approximate surface area is 403 Å². The van der Waals surface area contributed by atoms with E-state index >= 15 is 0 Å². The molecule has 0 N–H and O–H groups in total. The smallest absolute Gasteiger partial charge is 0.0541 e. The van der Waals surface area contributed by atoms with Crippen molar-refractivity contribution in [2.45, 2.75) is 19.3 Å². The molecule has 13 rings (SSSR count). The van der Waals surface area contributed by atoms with Crippen molar-refractivity contribution in [2.24, 2.45) is 0 Å². The monoisotopic (exact) mass is 880 g/mol. The molecule has 0 bridgehead atoms. The molecule has 1 heterocycles. The van der Waals surface area contributed by atoms with Gasteiger partial charge in [0.25, 0.3) is 0 Å². The topological polar surface area (TPSA) is 8.17 Å². The maximum absolute atomic E-state index is 2.40. The van der Waals surface area contributed by atoms with Gasteiger partial charge < -0.3 is 9.47 Å². The van der Waals surface area contributed by atoms with Crippen molar-refractivity contribution >= 4 is 49.6 Å². The largest absolute Gasteiger partial charge is 0.311 e. The number of anilines is 3. The highest BCUT2D eigenvalue weighted by Crippen LogP contribution is 2.55. The van der Waals surface area contributed by atoms with Crippen molar-refractivity contribution in [3.05, 3.63) is 266 Å². The Kier molecular flexibility index (Phi) is 9.55.